The lowest BCUT2D eigenvalue weighted by atomic mass is 9.92. The van der Waals surface area contributed by atoms with Crippen molar-refractivity contribution in [2.24, 2.45) is 11.3 Å². The Balaban J connectivity index is 1.95. The summed E-state index contributed by atoms with van der Waals surface area (Å²) in [6.07, 6.45) is 3.55. The third-order valence-electron chi connectivity index (χ3n) is 4.68. The summed E-state index contributed by atoms with van der Waals surface area (Å²) in [5.41, 5.74) is 1.18. The fraction of sp³-hybridized carbons (Fsp3) is 0.409. The van der Waals surface area contributed by atoms with Crippen LogP contribution < -0.4 is 15.0 Å². The number of anilines is 2. The maximum Gasteiger partial charge on any atom is 0.258 e. The molecule has 1 aliphatic rings. The molecule has 0 aliphatic carbocycles. The Kier molecular flexibility index (Phi) is 6.17. The second-order valence-electron chi connectivity index (χ2n) is 8.18. The Morgan fingerprint density at radius 1 is 1.34 bits per heavy atom. The monoisotopic (exact) mass is 413 g/mol. The molecule has 0 bridgehead atoms. The average molecular weight is 414 g/mol. The highest BCUT2D eigenvalue weighted by molar-refractivity contribution is 7.98. The number of aromatic nitrogens is 1. The standard InChI is InChI=1S/C22H27N3O3S/c1-14(2)12-25-17-11-15(8-9-18(17)28-13-22(3,4)21(25)27)24-19(26)16-7-6-10-23-20(16)29-5/h6-11,14H,12-13H2,1-5H3,(H,24,26). The van der Waals surface area contributed by atoms with Gasteiger partial charge in [-0.1, -0.05) is 13.8 Å². The molecule has 0 atom stereocenters. The van der Waals surface area contributed by atoms with Gasteiger partial charge in [-0.3, -0.25) is 9.59 Å². The number of rotatable bonds is 5. The number of amides is 2. The molecule has 0 unspecified atom stereocenters. The number of fused-ring (bicyclic) bond motifs is 1. The van der Waals surface area contributed by atoms with Crippen LogP contribution in [0.4, 0.5) is 11.4 Å². The zero-order chi connectivity index (χ0) is 21.2. The van der Waals surface area contributed by atoms with Crippen molar-refractivity contribution >= 4 is 35.0 Å². The van der Waals surface area contributed by atoms with E-state index in [1.54, 1.807) is 29.3 Å². The summed E-state index contributed by atoms with van der Waals surface area (Å²) in [5.74, 6) is 0.719. The molecule has 0 radical (unpaired) electrons. The number of hydrogen-bond acceptors (Lipinski definition) is 5. The smallest absolute Gasteiger partial charge is 0.258 e. The number of benzene rings is 1. The molecular weight excluding hydrogens is 386 g/mol. The Labute approximate surface area is 176 Å². The highest BCUT2D eigenvalue weighted by atomic mass is 32.2. The maximum atomic E-state index is 13.2. The number of carbonyl (C=O) groups is 2. The molecule has 1 aliphatic heterocycles. The molecule has 1 aromatic heterocycles. The predicted molar refractivity (Wildman–Crippen MR) is 117 cm³/mol. The first-order chi connectivity index (χ1) is 13.7. The van der Waals surface area contributed by atoms with Crippen LogP contribution in [0, 0.1) is 11.3 Å². The minimum Gasteiger partial charge on any atom is -0.490 e. The van der Waals surface area contributed by atoms with Gasteiger partial charge in [0, 0.05) is 18.4 Å². The largest absolute Gasteiger partial charge is 0.490 e. The summed E-state index contributed by atoms with van der Waals surface area (Å²) in [4.78, 5) is 32.0. The maximum absolute atomic E-state index is 13.2. The molecule has 2 heterocycles. The molecule has 3 rings (SSSR count). The average Bonchev–Trinajstić information content (AvgIpc) is 2.78. The van der Waals surface area contributed by atoms with Gasteiger partial charge in [0.1, 0.15) is 17.4 Å². The molecule has 1 aromatic carbocycles. The molecule has 0 spiro atoms. The van der Waals surface area contributed by atoms with Crippen molar-refractivity contribution in [3.63, 3.8) is 0 Å². The zero-order valence-corrected chi connectivity index (χ0v) is 18.3. The number of thioether (sulfide) groups is 1. The van der Waals surface area contributed by atoms with Crippen LogP contribution in [-0.4, -0.2) is 36.2 Å². The van der Waals surface area contributed by atoms with E-state index >= 15 is 0 Å². The first-order valence-corrected chi connectivity index (χ1v) is 10.8. The van der Waals surface area contributed by atoms with Crippen molar-refractivity contribution in [1.82, 2.24) is 4.98 Å². The highest BCUT2D eigenvalue weighted by Crippen LogP contribution is 2.38. The van der Waals surface area contributed by atoms with Gasteiger partial charge in [-0.2, -0.15) is 0 Å². The second kappa shape index (κ2) is 8.45. The summed E-state index contributed by atoms with van der Waals surface area (Å²) >= 11 is 1.42. The van der Waals surface area contributed by atoms with Gasteiger partial charge in [-0.05, 0) is 56.4 Å². The predicted octanol–water partition coefficient (Wildman–Crippen LogP) is 4.46. The third-order valence-corrected chi connectivity index (χ3v) is 5.39. The van der Waals surface area contributed by atoms with E-state index in [0.29, 0.717) is 46.8 Å². The third kappa shape index (κ3) is 4.56. The van der Waals surface area contributed by atoms with Gasteiger partial charge in [0.05, 0.1) is 16.7 Å². The lowest BCUT2D eigenvalue weighted by Crippen LogP contribution is -2.43. The number of ether oxygens (including phenoxy) is 1. The van der Waals surface area contributed by atoms with Crippen LogP contribution in [0.2, 0.25) is 0 Å². The summed E-state index contributed by atoms with van der Waals surface area (Å²) in [7, 11) is 0. The molecule has 29 heavy (non-hydrogen) atoms. The van der Waals surface area contributed by atoms with Crippen molar-refractivity contribution in [1.29, 1.82) is 0 Å². The van der Waals surface area contributed by atoms with Gasteiger partial charge < -0.3 is 15.0 Å². The van der Waals surface area contributed by atoms with Gasteiger partial charge >= 0.3 is 0 Å². The lowest BCUT2D eigenvalue weighted by molar-refractivity contribution is -0.127. The minimum absolute atomic E-state index is 0.0188. The number of nitrogens with one attached hydrogen (secondary N) is 1. The molecule has 7 heteroatoms. The normalized spacial score (nSPS) is 15.5. The van der Waals surface area contributed by atoms with E-state index in [0.717, 1.165) is 0 Å². The van der Waals surface area contributed by atoms with Crippen molar-refractivity contribution < 1.29 is 14.3 Å². The van der Waals surface area contributed by atoms with E-state index in [-0.39, 0.29) is 11.8 Å². The summed E-state index contributed by atoms with van der Waals surface area (Å²) < 4.78 is 5.94. The van der Waals surface area contributed by atoms with E-state index in [1.807, 2.05) is 32.2 Å². The number of hydrogen-bond donors (Lipinski definition) is 1. The molecule has 0 saturated carbocycles. The van der Waals surface area contributed by atoms with E-state index in [9.17, 15) is 9.59 Å². The molecule has 2 amide bonds. The Morgan fingerprint density at radius 2 is 2.10 bits per heavy atom. The van der Waals surface area contributed by atoms with Crippen LogP contribution in [0.15, 0.2) is 41.6 Å². The SMILES string of the molecule is CSc1ncccc1C(=O)Nc1ccc2c(c1)N(CC(C)C)C(=O)C(C)(C)CO2. The molecule has 2 aromatic rings. The Bertz CT molecular complexity index is 927. The molecule has 0 saturated heterocycles. The van der Waals surface area contributed by atoms with E-state index < -0.39 is 5.41 Å². The van der Waals surface area contributed by atoms with Gasteiger partial charge in [0.25, 0.3) is 5.91 Å². The van der Waals surface area contributed by atoms with Gasteiger partial charge in [0.15, 0.2) is 0 Å². The van der Waals surface area contributed by atoms with Crippen molar-refractivity contribution in [3.8, 4) is 5.75 Å². The van der Waals surface area contributed by atoms with Crippen LogP contribution in [-0.2, 0) is 4.79 Å². The summed E-state index contributed by atoms with van der Waals surface area (Å²) in [6, 6.07) is 8.90. The van der Waals surface area contributed by atoms with Crippen molar-refractivity contribution in [2.45, 2.75) is 32.7 Å². The topological polar surface area (TPSA) is 71.5 Å². The van der Waals surface area contributed by atoms with Crippen LogP contribution in [0.3, 0.4) is 0 Å². The highest BCUT2D eigenvalue weighted by Gasteiger charge is 2.38. The second-order valence-corrected chi connectivity index (χ2v) is 8.97. The number of carbonyl (C=O) groups excluding carboxylic acids is 2. The van der Waals surface area contributed by atoms with E-state index in [4.69, 9.17) is 4.74 Å². The Morgan fingerprint density at radius 3 is 2.79 bits per heavy atom. The quantitative estimate of drug-likeness (QED) is 0.733. The lowest BCUT2D eigenvalue weighted by Gasteiger charge is -2.29. The zero-order valence-electron chi connectivity index (χ0n) is 17.5. The van der Waals surface area contributed by atoms with Crippen LogP contribution in [0.5, 0.6) is 5.75 Å². The van der Waals surface area contributed by atoms with Crippen LogP contribution in [0.25, 0.3) is 0 Å². The number of pyridine rings is 1. The molecule has 6 nitrogen and oxygen atoms in total. The van der Waals surface area contributed by atoms with Crippen molar-refractivity contribution in [3.05, 3.63) is 42.1 Å². The van der Waals surface area contributed by atoms with Crippen LogP contribution >= 0.6 is 11.8 Å². The molecular formula is C22H27N3O3S. The van der Waals surface area contributed by atoms with Gasteiger partial charge in [-0.25, -0.2) is 4.98 Å². The molecule has 154 valence electrons. The molecule has 0 fully saturated rings. The fourth-order valence-electron chi connectivity index (χ4n) is 3.19. The van der Waals surface area contributed by atoms with Gasteiger partial charge in [-0.15, -0.1) is 11.8 Å². The van der Waals surface area contributed by atoms with Crippen molar-refractivity contribution in [2.75, 3.05) is 29.6 Å². The fourth-order valence-corrected chi connectivity index (χ4v) is 3.74. The minimum atomic E-state index is -0.625. The number of nitrogens with zero attached hydrogens (tertiary/aromatic N) is 2. The molecule has 1 N–H and O–H groups in total. The Hall–Kier alpha value is -2.54. The van der Waals surface area contributed by atoms with E-state index in [2.05, 4.69) is 24.1 Å². The summed E-state index contributed by atoms with van der Waals surface area (Å²) in [6.45, 7) is 8.82. The summed E-state index contributed by atoms with van der Waals surface area (Å²) in [5, 5.41) is 3.60. The van der Waals surface area contributed by atoms with E-state index in [1.165, 1.54) is 11.8 Å². The van der Waals surface area contributed by atoms with Crippen LogP contribution in [0.1, 0.15) is 38.1 Å². The van der Waals surface area contributed by atoms with Gasteiger partial charge in [0.2, 0.25) is 5.91 Å². The first kappa shape index (κ1) is 21.2. The first-order valence-electron chi connectivity index (χ1n) is 9.62.